The number of fused-ring (bicyclic) bond motifs is 3. The lowest BCUT2D eigenvalue weighted by Crippen LogP contribution is -2.42. The van der Waals surface area contributed by atoms with Gasteiger partial charge >= 0.3 is 0 Å². The molecule has 0 saturated carbocycles. The molecule has 16 heavy (non-hydrogen) atoms. The standard InChI is InChI=1S/C13H17NO2/c15-12-6-4-8-9-2-1-7-14-11(9)5-3-10(8)13(12)16/h4,6,9,11,14-16H,1-3,5,7H2/t9-,11-/m0/s1. The van der Waals surface area contributed by atoms with Crippen LogP contribution in [0.2, 0.25) is 0 Å². The first-order chi connectivity index (χ1) is 7.77. The lowest BCUT2D eigenvalue weighted by atomic mass is 9.75. The van der Waals surface area contributed by atoms with Gasteiger partial charge in [-0.1, -0.05) is 6.07 Å². The lowest BCUT2D eigenvalue weighted by molar-refractivity contribution is 0.312. The van der Waals surface area contributed by atoms with Crippen LogP contribution in [0.5, 0.6) is 11.5 Å². The third kappa shape index (κ3) is 1.39. The number of phenolic OH excluding ortho intramolecular Hbond substituents is 2. The lowest BCUT2D eigenvalue weighted by Gasteiger charge is -2.38. The van der Waals surface area contributed by atoms with Crippen molar-refractivity contribution in [3.63, 3.8) is 0 Å². The van der Waals surface area contributed by atoms with Gasteiger partial charge in [-0.3, -0.25) is 0 Å². The summed E-state index contributed by atoms with van der Waals surface area (Å²) < 4.78 is 0. The van der Waals surface area contributed by atoms with E-state index in [2.05, 4.69) is 5.32 Å². The molecule has 3 N–H and O–H groups in total. The second-order valence-electron chi connectivity index (χ2n) is 4.85. The van der Waals surface area contributed by atoms with E-state index in [0.29, 0.717) is 12.0 Å². The van der Waals surface area contributed by atoms with Crippen LogP contribution < -0.4 is 5.32 Å². The van der Waals surface area contributed by atoms with Gasteiger partial charge in [0, 0.05) is 11.6 Å². The van der Waals surface area contributed by atoms with Crippen molar-refractivity contribution in [2.45, 2.75) is 37.6 Å². The zero-order chi connectivity index (χ0) is 11.1. The monoisotopic (exact) mass is 219 g/mol. The summed E-state index contributed by atoms with van der Waals surface area (Å²) >= 11 is 0. The summed E-state index contributed by atoms with van der Waals surface area (Å²) in [5.74, 6) is 0.631. The van der Waals surface area contributed by atoms with E-state index in [4.69, 9.17) is 0 Å². The van der Waals surface area contributed by atoms with Crippen molar-refractivity contribution < 1.29 is 10.2 Å². The largest absolute Gasteiger partial charge is 0.504 e. The number of nitrogens with one attached hydrogen (secondary N) is 1. The molecule has 0 spiro atoms. The second-order valence-corrected chi connectivity index (χ2v) is 4.85. The molecule has 1 aromatic rings. The Hall–Kier alpha value is -1.22. The van der Waals surface area contributed by atoms with Crippen molar-refractivity contribution in [2.24, 2.45) is 0 Å². The van der Waals surface area contributed by atoms with Gasteiger partial charge in [0.2, 0.25) is 0 Å². The summed E-state index contributed by atoms with van der Waals surface area (Å²) in [4.78, 5) is 0. The van der Waals surface area contributed by atoms with Crippen LogP contribution in [0, 0.1) is 0 Å². The van der Waals surface area contributed by atoms with E-state index in [-0.39, 0.29) is 11.5 Å². The predicted octanol–water partition coefficient (Wildman–Crippen LogP) is 1.88. The Labute approximate surface area is 95.1 Å². The Morgan fingerprint density at radius 3 is 2.94 bits per heavy atom. The Morgan fingerprint density at radius 2 is 2.06 bits per heavy atom. The van der Waals surface area contributed by atoms with Gasteiger partial charge < -0.3 is 15.5 Å². The highest BCUT2D eigenvalue weighted by Gasteiger charge is 2.32. The third-order valence-corrected chi connectivity index (χ3v) is 3.99. The molecule has 0 radical (unpaired) electrons. The van der Waals surface area contributed by atoms with Crippen LogP contribution in [-0.2, 0) is 6.42 Å². The molecule has 3 nitrogen and oxygen atoms in total. The highest BCUT2D eigenvalue weighted by Crippen LogP contribution is 2.43. The smallest absolute Gasteiger partial charge is 0.160 e. The fourth-order valence-corrected chi connectivity index (χ4v) is 3.18. The van der Waals surface area contributed by atoms with E-state index >= 15 is 0 Å². The molecule has 3 heteroatoms. The van der Waals surface area contributed by atoms with Gasteiger partial charge in [0.05, 0.1) is 0 Å². The zero-order valence-corrected chi connectivity index (χ0v) is 9.24. The van der Waals surface area contributed by atoms with Crippen molar-refractivity contribution in [3.8, 4) is 11.5 Å². The fourth-order valence-electron chi connectivity index (χ4n) is 3.18. The first kappa shape index (κ1) is 9.97. The minimum absolute atomic E-state index is 0.0148. The molecule has 2 atom stereocenters. The molecule has 2 aliphatic rings. The predicted molar refractivity (Wildman–Crippen MR) is 61.9 cm³/mol. The molecule has 0 amide bonds. The van der Waals surface area contributed by atoms with Crippen molar-refractivity contribution in [3.05, 3.63) is 23.3 Å². The van der Waals surface area contributed by atoms with Crippen LogP contribution in [0.4, 0.5) is 0 Å². The van der Waals surface area contributed by atoms with Crippen LogP contribution in [0.25, 0.3) is 0 Å². The first-order valence-corrected chi connectivity index (χ1v) is 6.04. The normalized spacial score (nSPS) is 28.2. The van der Waals surface area contributed by atoms with Crippen LogP contribution in [-0.4, -0.2) is 22.8 Å². The molecule has 1 aromatic carbocycles. The third-order valence-electron chi connectivity index (χ3n) is 3.99. The minimum Gasteiger partial charge on any atom is -0.504 e. The average molecular weight is 219 g/mol. The van der Waals surface area contributed by atoms with Crippen molar-refractivity contribution in [1.82, 2.24) is 5.32 Å². The maximum absolute atomic E-state index is 9.86. The van der Waals surface area contributed by atoms with Crippen molar-refractivity contribution >= 4 is 0 Å². The van der Waals surface area contributed by atoms with Crippen LogP contribution >= 0.6 is 0 Å². The summed E-state index contributed by atoms with van der Waals surface area (Å²) in [6.07, 6.45) is 4.32. The number of aromatic hydroxyl groups is 2. The molecule has 0 aromatic heterocycles. The molecule has 86 valence electrons. The highest BCUT2D eigenvalue weighted by molar-refractivity contribution is 5.51. The van der Waals surface area contributed by atoms with Crippen LogP contribution in [0.1, 0.15) is 36.3 Å². The maximum atomic E-state index is 9.86. The molecule has 1 heterocycles. The number of rotatable bonds is 0. The molecular weight excluding hydrogens is 202 g/mol. The Morgan fingerprint density at radius 1 is 1.19 bits per heavy atom. The SMILES string of the molecule is Oc1ccc2c(c1O)CC[C@@H]1NCCC[C@@H]21. The van der Waals surface area contributed by atoms with Gasteiger partial charge in [0.25, 0.3) is 0 Å². The summed E-state index contributed by atoms with van der Waals surface area (Å²) in [6.45, 7) is 1.11. The molecule has 1 saturated heterocycles. The Bertz CT molecular complexity index is 417. The van der Waals surface area contributed by atoms with Gasteiger partial charge in [-0.15, -0.1) is 0 Å². The fraction of sp³-hybridized carbons (Fsp3) is 0.538. The molecule has 0 unspecified atom stereocenters. The van der Waals surface area contributed by atoms with E-state index in [1.165, 1.54) is 18.4 Å². The number of piperidine rings is 1. The van der Waals surface area contributed by atoms with E-state index in [0.717, 1.165) is 24.9 Å². The summed E-state index contributed by atoms with van der Waals surface area (Å²) in [5.41, 5.74) is 2.20. The number of phenols is 2. The van der Waals surface area contributed by atoms with Crippen LogP contribution in [0.15, 0.2) is 12.1 Å². The molecule has 3 rings (SSSR count). The van der Waals surface area contributed by atoms with E-state index in [9.17, 15) is 10.2 Å². The average Bonchev–Trinajstić information content (AvgIpc) is 2.33. The van der Waals surface area contributed by atoms with E-state index < -0.39 is 0 Å². The number of hydrogen-bond acceptors (Lipinski definition) is 3. The van der Waals surface area contributed by atoms with Crippen LogP contribution in [0.3, 0.4) is 0 Å². The molecule has 1 aliphatic heterocycles. The Kier molecular flexibility index (Phi) is 2.28. The zero-order valence-electron chi connectivity index (χ0n) is 9.24. The van der Waals surface area contributed by atoms with Crippen molar-refractivity contribution in [1.29, 1.82) is 0 Å². The quantitative estimate of drug-likeness (QED) is 0.584. The molecule has 1 fully saturated rings. The van der Waals surface area contributed by atoms with Gasteiger partial charge in [-0.05, 0) is 49.8 Å². The second kappa shape index (κ2) is 3.67. The molecular formula is C13H17NO2. The minimum atomic E-state index is 0.0148. The summed E-state index contributed by atoms with van der Waals surface area (Å²) in [7, 11) is 0. The van der Waals surface area contributed by atoms with E-state index in [1.54, 1.807) is 6.07 Å². The number of benzene rings is 1. The van der Waals surface area contributed by atoms with E-state index in [1.807, 2.05) is 6.07 Å². The van der Waals surface area contributed by atoms with Gasteiger partial charge in [-0.2, -0.15) is 0 Å². The maximum Gasteiger partial charge on any atom is 0.160 e. The van der Waals surface area contributed by atoms with Crippen molar-refractivity contribution in [2.75, 3.05) is 6.54 Å². The molecule has 1 aliphatic carbocycles. The van der Waals surface area contributed by atoms with Gasteiger partial charge in [-0.25, -0.2) is 0 Å². The Balaban J connectivity index is 2.05. The molecule has 0 bridgehead atoms. The van der Waals surface area contributed by atoms with Gasteiger partial charge in [0.15, 0.2) is 11.5 Å². The topological polar surface area (TPSA) is 52.5 Å². The summed E-state index contributed by atoms with van der Waals surface area (Å²) in [6, 6.07) is 4.16. The highest BCUT2D eigenvalue weighted by atomic mass is 16.3. The number of hydrogen-bond donors (Lipinski definition) is 3. The van der Waals surface area contributed by atoms with Gasteiger partial charge in [0.1, 0.15) is 0 Å². The first-order valence-electron chi connectivity index (χ1n) is 6.04. The summed E-state index contributed by atoms with van der Waals surface area (Å²) in [5, 5.41) is 22.9.